The Morgan fingerprint density at radius 2 is 1.89 bits per heavy atom. The first-order valence-electron chi connectivity index (χ1n) is 13.7. The molecule has 14 heteroatoms. The Bertz CT molecular complexity index is 1610. The summed E-state index contributed by atoms with van der Waals surface area (Å²) in [5, 5.41) is 30.9. The highest BCUT2D eigenvalue weighted by atomic mass is 16.6. The number of aliphatic hydroxyl groups excluding tert-OH is 1. The van der Waals surface area contributed by atoms with Crippen LogP contribution < -0.4 is 25.5 Å². The minimum absolute atomic E-state index is 0.0120. The van der Waals surface area contributed by atoms with Crippen molar-refractivity contribution in [3.8, 4) is 17.2 Å². The van der Waals surface area contributed by atoms with Crippen molar-refractivity contribution < 1.29 is 33.8 Å². The zero-order valence-corrected chi connectivity index (χ0v) is 24.9. The van der Waals surface area contributed by atoms with Crippen LogP contribution in [0.3, 0.4) is 0 Å². The summed E-state index contributed by atoms with van der Waals surface area (Å²) in [6, 6.07) is 11.9. The summed E-state index contributed by atoms with van der Waals surface area (Å²) in [6.45, 7) is 7.38. The molecule has 2 heterocycles. The average Bonchev–Trinajstić information content (AvgIpc) is 3.28. The van der Waals surface area contributed by atoms with E-state index in [-0.39, 0.29) is 17.9 Å². The topological polar surface area (TPSA) is 179 Å². The molecule has 0 unspecified atom stereocenters. The molecule has 2 atom stereocenters. The number of aryl methyl sites for hydroxylation is 1. The number of carbonyl (C=O) groups excluding carboxylic acids is 2. The third-order valence-corrected chi connectivity index (χ3v) is 6.89. The average molecular weight is 607 g/mol. The van der Waals surface area contributed by atoms with Crippen molar-refractivity contribution in [2.45, 2.75) is 40.0 Å². The van der Waals surface area contributed by atoms with Crippen molar-refractivity contribution in [2.75, 3.05) is 20.3 Å². The Morgan fingerprint density at radius 3 is 2.55 bits per heavy atom. The molecule has 4 rings (SSSR count). The van der Waals surface area contributed by atoms with Crippen molar-refractivity contribution in [3.63, 3.8) is 0 Å². The number of nitrogens with one attached hydrogen (secondary N) is 3. The van der Waals surface area contributed by atoms with Crippen LogP contribution in [0.25, 0.3) is 5.69 Å². The molecule has 0 bridgehead atoms. The van der Waals surface area contributed by atoms with Crippen LogP contribution in [0.15, 0.2) is 64.9 Å². The van der Waals surface area contributed by atoms with Crippen LogP contribution in [0.1, 0.15) is 42.4 Å². The summed E-state index contributed by atoms with van der Waals surface area (Å²) in [4.78, 5) is 35.1. The van der Waals surface area contributed by atoms with Crippen LogP contribution in [0.4, 0.5) is 10.5 Å². The second-order valence-electron chi connectivity index (χ2n) is 9.85. The van der Waals surface area contributed by atoms with Gasteiger partial charge in [-0.1, -0.05) is 6.07 Å². The molecule has 2 aromatic carbocycles. The molecule has 44 heavy (non-hydrogen) atoms. The number of aliphatic hydroxyl groups is 1. The van der Waals surface area contributed by atoms with Gasteiger partial charge in [-0.2, -0.15) is 5.10 Å². The van der Waals surface area contributed by atoms with E-state index in [1.807, 2.05) is 24.5 Å². The van der Waals surface area contributed by atoms with Crippen molar-refractivity contribution in [1.29, 1.82) is 0 Å². The fourth-order valence-electron chi connectivity index (χ4n) is 4.85. The number of urea groups is 1. The van der Waals surface area contributed by atoms with Gasteiger partial charge in [-0.3, -0.25) is 15.5 Å². The van der Waals surface area contributed by atoms with Gasteiger partial charge in [0.05, 0.1) is 36.5 Å². The van der Waals surface area contributed by atoms with E-state index in [0.717, 1.165) is 22.6 Å². The van der Waals surface area contributed by atoms with E-state index >= 15 is 0 Å². The Morgan fingerprint density at radius 1 is 1.16 bits per heavy atom. The minimum Gasteiger partial charge on any atom is -0.490 e. The number of esters is 1. The number of aromatic nitrogens is 1. The lowest BCUT2D eigenvalue weighted by atomic mass is 9.95. The fraction of sp³-hybridized carbons (Fsp3) is 0.300. The third-order valence-electron chi connectivity index (χ3n) is 6.89. The molecule has 0 spiro atoms. The van der Waals surface area contributed by atoms with Crippen LogP contribution in [0.2, 0.25) is 0 Å². The van der Waals surface area contributed by atoms with E-state index in [1.54, 1.807) is 50.4 Å². The number of amides is 2. The summed E-state index contributed by atoms with van der Waals surface area (Å²) in [7, 11) is 1.27. The molecule has 0 aliphatic carbocycles. The van der Waals surface area contributed by atoms with Crippen molar-refractivity contribution >= 4 is 23.9 Å². The van der Waals surface area contributed by atoms with Crippen LogP contribution >= 0.6 is 0 Å². The predicted octanol–water partition coefficient (Wildman–Crippen LogP) is 3.52. The highest BCUT2D eigenvalue weighted by molar-refractivity contribution is 5.95. The highest BCUT2D eigenvalue weighted by Gasteiger charge is 2.32. The lowest BCUT2D eigenvalue weighted by Crippen LogP contribution is -2.45. The number of hydrazone groups is 1. The van der Waals surface area contributed by atoms with E-state index in [0.29, 0.717) is 29.4 Å². The van der Waals surface area contributed by atoms with Crippen LogP contribution in [-0.4, -0.2) is 59.4 Å². The minimum atomic E-state index is -1.17. The van der Waals surface area contributed by atoms with Gasteiger partial charge in [0, 0.05) is 40.5 Å². The van der Waals surface area contributed by atoms with Gasteiger partial charge in [-0.05, 0) is 63.6 Å². The first-order valence-corrected chi connectivity index (χ1v) is 13.7. The lowest BCUT2D eigenvalue weighted by molar-refractivity contribution is -0.384. The smallest absolute Gasteiger partial charge is 0.337 e. The first kappa shape index (κ1) is 31.6. The van der Waals surface area contributed by atoms with Crippen molar-refractivity contribution in [1.82, 2.24) is 20.6 Å². The monoisotopic (exact) mass is 606 g/mol. The molecular formula is C30H34N6O8. The number of ether oxygens (including phenoxy) is 3. The molecule has 1 aliphatic rings. The quantitative estimate of drug-likeness (QED) is 0.0789. The normalized spacial score (nSPS) is 15.4. The number of carbonyl (C=O) groups is 2. The van der Waals surface area contributed by atoms with Gasteiger partial charge in [-0.25, -0.2) is 9.59 Å². The second-order valence-corrected chi connectivity index (χ2v) is 9.85. The molecule has 0 radical (unpaired) electrons. The fourth-order valence-corrected chi connectivity index (χ4v) is 4.85. The standard InChI is InChI=1S/C30H34N6O8/c1-6-43-25-14-20(28-27(29(38)42-5)18(3)32-30(39)33-28)7-12-24(25)44-16-26(37)34-31-15-21-13-17(2)35(19(21)4)22-8-10-23(11-9-22)36(40)41/h7-15,26,28,34,37H,6,16H2,1-5H3,(H2,32,33,39)/b31-15+/t26-,28-/m1/s1. The summed E-state index contributed by atoms with van der Waals surface area (Å²) < 4.78 is 18.4. The molecule has 2 amide bonds. The summed E-state index contributed by atoms with van der Waals surface area (Å²) in [5.41, 5.74) is 7.18. The van der Waals surface area contributed by atoms with Gasteiger partial charge in [0.15, 0.2) is 17.7 Å². The lowest BCUT2D eigenvalue weighted by Gasteiger charge is -2.28. The molecule has 0 saturated heterocycles. The number of nitro benzene ring substituents is 1. The first-order chi connectivity index (χ1) is 21.0. The van der Waals surface area contributed by atoms with Crippen molar-refractivity contribution in [2.24, 2.45) is 5.10 Å². The number of rotatable bonds is 12. The van der Waals surface area contributed by atoms with E-state index in [9.17, 15) is 24.8 Å². The van der Waals surface area contributed by atoms with Crippen LogP contribution in [0.5, 0.6) is 11.5 Å². The molecule has 0 fully saturated rings. The van der Waals surface area contributed by atoms with Gasteiger partial charge in [0.1, 0.15) is 6.61 Å². The number of hydrogen-bond donors (Lipinski definition) is 4. The molecule has 0 saturated carbocycles. The van der Waals surface area contributed by atoms with Gasteiger partial charge in [0.25, 0.3) is 5.69 Å². The number of benzene rings is 2. The Balaban J connectivity index is 1.42. The molecule has 14 nitrogen and oxygen atoms in total. The zero-order valence-electron chi connectivity index (χ0n) is 24.9. The highest BCUT2D eigenvalue weighted by Crippen LogP contribution is 2.35. The largest absolute Gasteiger partial charge is 0.490 e. The zero-order chi connectivity index (χ0) is 32.0. The Kier molecular flexibility index (Phi) is 9.85. The maximum Gasteiger partial charge on any atom is 0.337 e. The van der Waals surface area contributed by atoms with Gasteiger partial charge in [0.2, 0.25) is 0 Å². The Labute approximate surface area is 253 Å². The third kappa shape index (κ3) is 6.98. The van der Waals surface area contributed by atoms with Gasteiger partial charge in [-0.15, -0.1) is 0 Å². The van der Waals surface area contributed by atoms with E-state index in [2.05, 4.69) is 21.2 Å². The van der Waals surface area contributed by atoms with E-state index < -0.39 is 29.2 Å². The van der Waals surface area contributed by atoms with Crippen LogP contribution in [0, 0.1) is 24.0 Å². The number of allylic oxidation sites excluding steroid dienone is 1. The number of nitrogens with zero attached hydrogens (tertiary/aromatic N) is 3. The number of nitro groups is 1. The summed E-state index contributed by atoms with van der Waals surface area (Å²) in [5.74, 6) is 0.114. The molecule has 3 aromatic rings. The maximum absolute atomic E-state index is 12.4. The molecule has 232 valence electrons. The number of hydrogen-bond acceptors (Lipinski definition) is 10. The number of methoxy groups -OCH3 is 1. The van der Waals surface area contributed by atoms with Crippen molar-refractivity contribution in [3.05, 3.63) is 92.4 Å². The van der Waals surface area contributed by atoms with E-state index in [4.69, 9.17) is 14.2 Å². The maximum atomic E-state index is 12.4. The Hall–Kier alpha value is -5.37. The van der Waals surface area contributed by atoms with E-state index in [1.165, 1.54) is 19.2 Å². The molecular weight excluding hydrogens is 572 g/mol. The molecule has 1 aromatic heterocycles. The molecule has 4 N–H and O–H groups in total. The number of non-ortho nitro benzene ring substituents is 1. The second kappa shape index (κ2) is 13.7. The molecule has 1 aliphatic heterocycles. The van der Waals surface area contributed by atoms with Crippen LogP contribution in [-0.2, 0) is 9.53 Å². The van der Waals surface area contributed by atoms with Gasteiger partial charge < -0.3 is 34.5 Å². The summed E-state index contributed by atoms with van der Waals surface area (Å²) >= 11 is 0. The SMILES string of the molecule is CCOc1cc([C@H]2NC(=O)NC(C)=C2C(=O)OC)ccc1OC[C@@H](O)N/N=C/c1cc(C)n(-c2ccc([N+](=O)[O-])cc2)c1C. The van der Waals surface area contributed by atoms with Gasteiger partial charge >= 0.3 is 12.0 Å². The predicted molar refractivity (Wildman–Crippen MR) is 161 cm³/mol. The summed E-state index contributed by atoms with van der Waals surface area (Å²) in [6.07, 6.45) is 0.397.